The van der Waals surface area contributed by atoms with Crippen molar-refractivity contribution >= 4 is 17.2 Å². The lowest BCUT2D eigenvalue weighted by Gasteiger charge is -2.06. The van der Waals surface area contributed by atoms with E-state index >= 15 is 0 Å². The molecule has 0 amide bonds. The molecule has 70 valence electrons. The second-order valence-electron chi connectivity index (χ2n) is 3.20. The third-order valence-electron chi connectivity index (χ3n) is 2.37. The topological polar surface area (TPSA) is 85.1 Å². The zero-order valence-electron chi connectivity index (χ0n) is 7.36. The first-order chi connectivity index (χ1) is 6.77. The molecule has 1 aromatic heterocycles. The zero-order valence-corrected chi connectivity index (χ0v) is 7.36. The van der Waals surface area contributed by atoms with E-state index in [0.29, 0.717) is 11.5 Å². The van der Waals surface area contributed by atoms with Gasteiger partial charge in [-0.2, -0.15) is 0 Å². The van der Waals surface area contributed by atoms with E-state index < -0.39 is 0 Å². The third kappa shape index (κ3) is 0.711. The van der Waals surface area contributed by atoms with Crippen LogP contribution in [0.25, 0.3) is 16.9 Å². The first-order valence-corrected chi connectivity index (χ1v) is 4.27. The lowest BCUT2D eigenvalue weighted by Crippen LogP contribution is -2.03. The quantitative estimate of drug-likeness (QED) is 0.489. The van der Waals surface area contributed by atoms with Gasteiger partial charge in [-0.15, -0.1) is 0 Å². The van der Waals surface area contributed by atoms with Crippen LogP contribution in [0.4, 0.5) is 11.5 Å². The van der Waals surface area contributed by atoms with Gasteiger partial charge in [0.1, 0.15) is 5.82 Å². The summed E-state index contributed by atoms with van der Waals surface area (Å²) in [6, 6.07) is 5.54. The summed E-state index contributed by atoms with van der Waals surface area (Å²) in [5, 5.41) is 2.98. The predicted molar refractivity (Wildman–Crippen MR) is 55.0 cm³/mol. The highest BCUT2D eigenvalue weighted by molar-refractivity contribution is 5.85. The number of hydrogen-bond acceptors (Lipinski definition) is 3. The number of nitrogens with zero attached hydrogens (tertiary/aromatic N) is 2. The molecule has 2 aliphatic rings. The van der Waals surface area contributed by atoms with Crippen LogP contribution in [-0.2, 0) is 0 Å². The van der Waals surface area contributed by atoms with Gasteiger partial charge < -0.3 is 11.5 Å². The van der Waals surface area contributed by atoms with Crippen molar-refractivity contribution in [3.8, 4) is 11.3 Å². The molecule has 14 heavy (non-hydrogen) atoms. The molecule has 0 spiro atoms. The Morgan fingerprint density at radius 1 is 1.21 bits per heavy atom. The van der Waals surface area contributed by atoms with Gasteiger partial charge in [-0.1, -0.05) is 0 Å². The highest BCUT2D eigenvalue weighted by atomic mass is 15.3. The molecule has 1 aliphatic carbocycles. The van der Waals surface area contributed by atoms with Gasteiger partial charge in [0.25, 0.3) is 0 Å². The minimum Gasteiger partial charge on any atom is -0.397 e. The van der Waals surface area contributed by atoms with Gasteiger partial charge in [0, 0.05) is 17.8 Å². The molecule has 5 heteroatoms. The molecule has 0 atom stereocenters. The standard InChI is InChI=1S/C9H9N5/c10-6-2-1-5-8(6)13-7-3-4-12-14(7)9(5)11/h1-4,12H,10-11H2. The highest BCUT2D eigenvalue weighted by Gasteiger charge is 2.15. The number of aromatic nitrogens is 3. The smallest absolute Gasteiger partial charge is 0.155 e. The molecular formula is C9H9N5. The summed E-state index contributed by atoms with van der Waals surface area (Å²) in [4.78, 5) is 4.38. The van der Waals surface area contributed by atoms with Crippen LogP contribution >= 0.6 is 0 Å². The number of H-pyrrole nitrogens is 1. The van der Waals surface area contributed by atoms with Crippen LogP contribution in [0.1, 0.15) is 0 Å². The van der Waals surface area contributed by atoms with Gasteiger partial charge in [0.2, 0.25) is 0 Å². The van der Waals surface area contributed by atoms with Crippen molar-refractivity contribution < 1.29 is 0 Å². The van der Waals surface area contributed by atoms with E-state index in [1.807, 2.05) is 18.2 Å². The van der Waals surface area contributed by atoms with Crippen LogP contribution in [0.2, 0.25) is 0 Å². The Kier molecular flexibility index (Phi) is 1.14. The summed E-state index contributed by atoms with van der Waals surface area (Å²) in [6.45, 7) is 0. The van der Waals surface area contributed by atoms with Crippen LogP contribution in [0.3, 0.4) is 0 Å². The van der Waals surface area contributed by atoms with E-state index in [1.165, 1.54) is 0 Å². The number of anilines is 2. The van der Waals surface area contributed by atoms with Crippen molar-refractivity contribution in [2.24, 2.45) is 0 Å². The van der Waals surface area contributed by atoms with E-state index in [4.69, 9.17) is 11.5 Å². The summed E-state index contributed by atoms with van der Waals surface area (Å²) in [5.41, 5.74) is 14.8. The van der Waals surface area contributed by atoms with E-state index in [2.05, 4.69) is 10.1 Å². The van der Waals surface area contributed by atoms with Crippen molar-refractivity contribution in [1.82, 2.24) is 14.6 Å². The van der Waals surface area contributed by atoms with Gasteiger partial charge in [-0.05, 0) is 12.1 Å². The first kappa shape index (κ1) is 7.25. The molecule has 0 unspecified atom stereocenters. The molecule has 0 bridgehead atoms. The molecular weight excluding hydrogens is 178 g/mol. The maximum absolute atomic E-state index is 5.95. The minimum absolute atomic E-state index is 0.631. The molecule has 3 rings (SSSR count). The molecule has 5 nitrogen and oxygen atoms in total. The van der Waals surface area contributed by atoms with Crippen LogP contribution in [0.5, 0.6) is 0 Å². The van der Waals surface area contributed by atoms with Crippen LogP contribution in [-0.4, -0.2) is 14.6 Å². The molecule has 0 fully saturated rings. The monoisotopic (exact) mass is 187 g/mol. The average molecular weight is 187 g/mol. The maximum Gasteiger partial charge on any atom is 0.155 e. The Morgan fingerprint density at radius 3 is 2.93 bits per heavy atom. The fourth-order valence-electron chi connectivity index (χ4n) is 1.66. The van der Waals surface area contributed by atoms with Gasteiger partial charge in [-0.25, -0.2) is 9.50 Å². The first-order valence-electron chi connectivity index (χ1n) is 4.27. The second kappa shape index (κ2) is 2.20. The number of nitrogens with two attached hydrogens (primary N) is 2. The van der Waals surface area contributed by atoms with Gasteiger partial charge in [0.15, 0.2) is 5.65 Å². The number of aromatic amines is 1. The Hall–Kier alpha value is -2.17. The molecule has 0 saturated carbocycles. The average Bonchev–Trinajstić information content (AvgIpc) is 2.75. The van der Waals surface area contributed by atoms with E-state index in [-0.39, 0.29) is 0 Å². The molecule has 2 heterocycles. The van der Waals surface area contributed by atoms with E-state index in [0.717, 1.165) is 16.9 Å². The fourth-order valence-corrected chi connectivity index (χ4v) is 1.66. The van der Waals surface area contributed by atoms with Crippen LogP contribution in [0, 0.1) is 0 Å². The summed E-state index contributed by atoms with van der Waals surface area (Å²) in [7, 11) is 0. The summed E-state index contributed by atoms with van der Waals surface area (Å²) >= 11 is 0. The van der Waals surface area contributed by atoms with E-state index in [9.17, 15) is 0 Å². The number of hydrogen-bond donors (Lipinski definition) is 3. The van der Waals surface area contributed by atoms with Crippen molar-refractivity contribution in [3.05, 3.63) is 24.4 Å². The molecule has 0 radical (unpaired) electrons. The van der Waals surface area contributed by atoms with Crippen molar-refractivity contribution in [2.45, 2.75) is 0 Å². The normalized spacial score (nSPS) is 11.4. The summed E-state index contributed by atoms with van der Waals surface area (Å²) in [5.74, 6) is 0.631. The Bertz CT molecular complexity index is 576. The largest absolute Gasteiger partial charge is 0.397 e. The number of nitrogen functional groups attached to an aromatic ring is 2. The summed E-state index contributed by atoms with van der Waals surface area (Å²) < 4.78 is 1.72. The highest BCUT2D eigenvalue weighted by Crippen LogP contribution is 2.32. The molecule has 5 N–H and O–H groups in total. The molecule has 0 aromatic carbocycles. The molecule has 0 saturated heterocycles. The van der Waals surface area contributed by atoms with Gasteiger partial charge in [0.05, 0.1) is 11.4 Å². The van der Waals surface area contributed by atoms with E-state index in [1.54, 1.807) is 10.7 Å². The molecule has 1 aliphatic heterocycles. The Morgan fingerprint density at radius 2 is 2.07 bits per heavy atom. The number of rotatable bonds is 0. The second-order valence-corrected chi connectivity index (χ2v) is 3.20. The third-order valence-corrected chi connectivity index (χ3v) is 2.37. The lowest BCUT2D eigenvalue weighted by molar-refractivity contribution is 0.955. The van der Waals surface area contributed by atoms with Gasteiger partial charge >= 0.3 is 0 Å². The zero-order chi connectivity index (χ0) is 9.71. The predicted octanol–water partition coefficient (Wildman–Crippen LogP) is 0.932. The SMILES string of the molecule is Nc1ccc2c(N)n3[nH]ccc3nc1-2. The van der Waals surface area contributed by atoms with Crippen LogP contribution in [0.15, 0.2) is 24.4 Å². The van der Waals surface area contributed by atoms with Crippen LogP contribution < -0.4 is 11.5 Å². The number of nitrogens with one attached hydrogen (secondary N) is 1. The maximum atomic E-state index is 5.95. The van der Waals surface area contributed by atoms with Crippen molar-refractivity contribution in [2.75, 3.05) is 11.5 Å². The fraction of sp³-hybridized carbons (Fsp3) is 0. The number of fused-ring (bicyclic) bond motifs is 2. The lowest BCUT2D eigenvalue weighted by atomic mass is 10.2. The molecule has 1 aromatic rings. The minimum atomic E-state index is 0.631. The summed E-state index contributed by atoms with van der Waals surface area (Å²) in [6.07, 6.45) is 1.79. The van der Waals surface area contributed by atoms with Crippen molar-refractivity contribution in [1.29, 1.82) is 0 Å². The Balaban J connectivity index is 2.58. The van der Waals surface area contributed by atoms with Crippen molar-refractivity contribution in [3.63, 3.8) is 0 Å². The van der Waals surface area contributed by atoms with Gasteiger partial charge in [-0.3, -0.25) is 5.10 Å². The Labute approximate surface area is 79.7 Å².